The Hall–Kier alpha value is -1.37. The molecule has 0 saturated heterocycles. The van der Waals surface area contributed by atoms with Crippen LogP contribution in [0.4, 0.5) is 0 Å². The van der Waals surface area contributed by atoms with Crippen LogP contribution in [0.15, 0.2) is 29.1 Å². The Kier molecular flexibility index (Phi) is 2.47. The number of nitrogens with one attached hydrogen (secondary N) is 1. The second kappa shape index (κ2) is 3.65. The van der Waals surface area contributed by atoms with E-state index in [1.165, 1.54) is 0 Å². The summed E-state index contributed by atoms with van der Waals surface area (Å²) in [4.78, 5) is 24.9. The van der Waals surface area contributed by atoms with Gasteiger partial charge in [-0.15, -0.1) is 0 Å². The van der Waals surface area contributed by atoms with E-state index < -0.39 is 11.5 Å². The highest BCUT2D eigenvalue weighted by molar-refractivity contribution is 14.1. The molecule has 0 radical (unpaired) electrons. The maximum atomic E-state index is 11.5. The van der Waals surface area contributed by atoms with E-state index in [-0.39, 0.29) is 5.56 Å². The van der Waals surface area contributed by atoms with Gasteiger partial charge in [0, 0.05) is 14.5 Å². The molecule has 0 aliphatic heterocycles. The molecule has 0 saturated carbocycles. The fourth-order valence-corrected chi connectivity index (χ4v) is 2.34. The second-order valence-corrected chi connectivity index (χ2v) is 4.07. The summed E-state index contributed by atoms with van der Waals surface area (Å²) in [6, 6.07) is 7.10. The molecule has 2 aromatic rings. The molecule has 0 aliphatic carbocycles. The number of H-pyrrole nitrogens is 1. The average molecular weight is 315 g/mol. The summed E-state index contributed by atoms with van der Waals surface area (Å²) in [5, 5.41) is 9.63. The van der Waals surface area contributed by atoms with Gasteiger partial charge in [-0.3, -0.25) is 4.79 Å². The van der Waals surface area contributed by atoms with E-state index in [1.807, 2.05) is 22.6 Å². The lowest BCUT2D eigenvalue weighted by atomic mass is 10.1. The summed E-state index contributed by atoms with van der Waals surface area (Å²) >= 11 is 1.88. The Balaban J connectivity index is 2.97. The standard InChI is InChI=1S/C10H6INO3/c11-8-5-3-1-2-4-6(5)12-9(13)7(8)10(14)15/h1-4H,(H,12,13)(H,14,15). The molecule has 0 bridgehead atoms. The highest BCUT2D eigenvalue weighted by Crippen LogP contribution is 2.19. The molecular weight excluding hydrogens is 309 g/mol. The highest BCUT2D eigenvalue weighted by atomic mass is 127. The van der Waals surface area contributed by atoms with Crippen molar-refractivity contribution in [2.75, 3.05) is 0 Å². The largest absolute Gasteiger partial charge is 0.477 e. The van der Waals surface area contributed by atoms with E-state index in [2.05, 4.69) is 4.98 Å². The van der Waals surface area contributed by atoms with Gasteiger partial charge in [-0.2, -0.15) is 0 Å². The van der Waals surface area contributed by atoms with Crippen molar-refractivity contribution >= 4 is 39.5 Å². The molecule has 4 nitrogen and oxygen atoms in total. The van der Waals surface area contributed by atoms with Crippen molar-refractivity contribution in [3.63, 3.8) is 0 Å². The normalized spacial score (nSPS) is 10.5. The predicted molar refractivity (Wildman–Crippen MR) is 64.2 cm³/mol. The fourth-order valence-electron chi connectivity index (χ4n) is 1.39. The number of carboxylic acid groups (broad SMARTS) is 1. The first-order valence-electron chi connectivity index (χ1n) is 4.15. The molecule has 76 valence electrons. The second-order valence-electron chi connectivity index (χ2n) is 2.99. The Bertz CT molecular complexity index is 603. The first-order valence-corrected chi connectivity index (χ1v) is 5.23. The lowest BCUT2D eigenvalue weighted by molar-refractivity contribution is 0.0694. The molecular formula is C10H6INO3. The van der Waals surface area contributed by atoms with Crippen molar-refractivity contribution in [1.82, 2.24) is 4.98 Å². The van der Waals surface area contributed by atoms with Crippen LogP contribution in [0.5, 0.6) is 0 Å². The maximum absolute atomic E-state index is 11.5. The number of para-hydroxylation sites is 1. The van der Waals surface area contributed by atoms with Crippen LogP contribution in [-0.2, 0) is 0 Å². The molecule has 0 fully saturated rings. The van der Waals surface area contributed by atoms with Gasteiger partial charge in [0.1, 0.15) is 5.56 Å². The predicted octanol–water partition coefficient (Wildman–Crippen LogP) is 1.83. The van der Waals surface area contributed by atoms with Crippen LogP contribution in [0.3, 0.4) is 0 Å². The third kappa shape index (κ3) is 1.63. The maximum Gasteiger partial charge on any atom is 0.342 e. The van der Waals surface area contributed by atoms with Gasteiger partial charge in [0.25, 0.3) is 5.56 Å². The third-order valence-corrected chi connectivity index (χ3v) is 3.19. The molecule has 0 atom stereocenters. The number of aromatic carboxylic acids is 1. The summed E-state index contributed by atoms with van der Waals surface area (Å²) in [5.41, 5.74) is -0.114. The van der Waals surface area contributed by atoms with Crippen molar-refractivity contribution in [1.29, 1.82) is 0 Å². The number of aromatic amines is 1. The Morgan fingerprint density at radius 2 is 2.00 bits per heavy atom. The van der Waals surface area contributed by atoms with Crippen LogP contribution in [-0.4, -0.2) is 16.1 Å². The summed E-state index contributed by atoms with van der Waals surface area (Å²) in [7, 11) is 0. The van der Waals surface area contributed by atoms with Gasteiger partial charge in [0.05, 0.1) is 0 Å². The summed E-state index contributed by atoms with van der Waals surface area (Å²) in [6.45, 7) is 0. The zero-order valence-corrected chi connectivity index (χ0v) is 9.61. The molecule has 1 heterocycles. The summed E-state index contributed by atoms with van der Waals surface area (Å²) in [6.07, 6.45) is 0. The van der Waals surface area contributed by atoms with Crippen LogP contribution in [0.25, 0.3) is 10.9 Å². The fraction of sp³-hybridized carbons (Fsp3) is 0. The number of carboxylic acids is 1. The van der Waals surface area contributed by atoms with Crippen LogP contribution >= 0.6 is 22.6 Å². The first kappa shape index (κ1) is 10.2. The Morgan fingerprint density at radius 1 is 1.33 bits per heavy atom. The monoisotopic (exact) mass is 315 g/mol. The zero-order chi connectivity index (χ0) is 11.0. The molecule has 15 heavy (non-hydrogen) atoms. The molecule has 2 rings (SSSR count). The van der Waals surface area contributed by atoms with Gasteiger partial charge < -0.3 is 10.1 Å². The van der Waals surface area contributed by atoms with Crippen molar-refractivity contribution in [2.45, 2.75) is 0 Å². The first-order chi connectivity index (χ1) is 7.11. The van der Waals surface area contributed by atoms with E-state index >= 15 is 0 Å². The number of fused-ring (bicyclic) bond motifs is 1. The van der Waals surface area contributed by atoms with Gasteiger partial charge in [0.15, 0.2) is 0 Å². The molecule has 0 aliphatic rings. The summed E-state index contributed by atoms with van der Waals surface area (Å²) < 4.78 is 0.472. The molecule has 5 heteroatoms. The molecule has 2 N–H and O–H groups in total. The van der Waals surface area contributed by atoms with Crippen molar-refractivity contribution in [3.05, 3.63) is 43.8 Å². The van der Waals surface area contributed by atoms with Crippen molar-refractivity contribution in [3.8, 4) is 0 Å². The average Bonchev–Trinajstić information content (AvgIpc) is 2.17. The molecule has 0 unspecified atom stereocenters. The molecule has 0 spiro atoms. The number of rotatable bonds is 1. The van der Waals surface area contributed by atoms with Gasteiger partial charge in [-0.05, 0) is 28.7 Å². The quantitative estimate of drug-likeness (QED) is 0.789. The minimum Gasteiger partial charge on any atom is -0.477 e. The van der Waals surface area contributed by atoms with Gasteiger partial charge in [-0.25, -0.2) is 4.79 Å². The van der Waals surface area contributed by atoms with E-state index in [0.717, 1.165) is 5.39 Å². The van der Waals surface area contributed by atoms with Crippen molar-refractivity contribution in [2.24, 2.45) is 0 Å². The van der Waals surface area contributed by atoms with Crippen LogP contribution < -0.4 is 5.56 Å². The summed E-state index contributed by atoms with van der Waals surface area (Å²) in [5.74, 6) is -1.20. The number of hydrogen-bond donors (Lipinski definition) is 2. The number of benzene rings is 1. The third-order valence-electron chi connectivity index (χ3n) is 2.07. The number of hydrogen-bond acceptors (Lipinski definition) is 2. The molecule has 0 amide bonds. The van der Waals surface area contributed by atoms with Crippen LogP contribution in [0, 0.1) is 3.57 Å². The van der Waals surface area contributed by atoms with Gasteiger partial charge >= 0.3 is 5.97 Å². The van der Waals surface area contributed by atoms with Crippen LogP contribution in [0.1, 0.15) is 10.4 Å². The Labute approximate surface area is 98.1 Å². The zero-order valence-electron chi connectivity index (χ0n) is 7.45. The van der Waals surface area contributed by atoms with E-state index in [0.29, 0.717) is 9.09 Å². The molecule has 1 aromatic heterocycles. The number of carbonyl (C=O) groups is 1. The lowest BCUT2D eigenvalue weighted by Gasteiger charge is -2.03. The smallest absolute Gasteiger partial charge is 0.342 e. The Morgan fingerprint density at radius 3 is 2.67 bits per heavy atom. The number of aromatic nitrogens is 1. The minimum absolute atomic E-state index is 0.200. The van der Waals surface area contributed by atoms with Gasteiger partial charge in [0.2, 0.25) is 0 Å². The minimum atomic E-state index is -1.20. The highest BCUT2D eigenvalue weighted by Gasteiger charge is 2.15. The van der Waals surface area contributed by atoms with E-state index in [9.17, 15) is 9.59 Å². The SMILES string of the molecule is O=C(O)c1c(I)c2ccccc2[nH]c1=O. The van der Waals surface area contributed by atoms with E-state index in [1.54, 1.807) is 24.3 Å². The topological polar surface area (TPSA) is 70.2 Å². The van der Waals surface area contributed by atoms with Crippen molar-refractivity contribution < 1.29 is 9.90 Å². The number of halogens is 1. The number of pyridine rings is 1. The van der Waals surface area contributed by atoms with E-state index in [4.69, 9.17) is 5.11 Å². The lowest BCUT2D eigenvalue weighted by Crippen LogP contribution is -2.19. The van der Waals surface area contributed by atoms with Crippen LogP contribution in [0.2, 0.25) is 0 Å². The van der Waals surface area contributed by atoms with Gasteiger partial charge in [-0.1, -0.05) is 18.2 Å². The molecule has 1 aromatic carbocycles.